The molecule has 4 aliphatic rings. The average molecular weight is 617 g/mol. The topological polar surface area (TPSA) is 99.4 Å². The number of unbranched alkanes of at least 4 members (excludes halogenated alkanes) is 5. The van der Waals surface area contributed by atoms with Crippen molar-refractivity contribution in [1.82, 2.24) is 16.0 Å². The Kier molecular flexibility index (Phi) is 13.9. The lowest BCUT2D eigenvalue weighted by Crippen LogP contribution is -2.59. The first-order valence-corrected chi connectivity index (χ1v) is 19.2. The molecule has 6 nitrogen and oxygen atoms in total. The van der Waals surface area contributed by atoms with Gasteiger partial charge in [-0.15, -0.1) is 0 Å². The van der Waals surface area contributed by atoms with Crippen LogP contribution in [-0.4, -0.2) is 55.4 Å². The molecule has 6 heteroatoms. The van der Waals surface area contributed by atoms with Crippen molar-refractivity contribution in [3.63, 3.8) is 0 Å². The molecule has 4 unspecified atom stereocenters. The highest BCUT2D eigenvalue weighted by molar-refractivity contribution is 5.76. The molecule has 6 N–H and O–H groups in total. The van der Waals surface area contributed by atoms with E-state index in [9.17, 15) is 9.90 Å². The summed E-state index contributed by atoms with van der Waals surface area (Å²) in [4.78, 5) is 12.4. The Morgan fingerprint density at radius 3 is 2.27 bits per heavy atom. The molecule has 256 valence electrons. The minimum atomic E-state index is -0.141. The number of fused-ring (bicyclic) bond motifs is 5. The second-order valence-electron chi connectivity index (χ2n) is 16.7. The van der Waals surface area contributed by atoms with Gasteiger partial charge < -0.3 is 26.8 Å². The molecule has 4 aliphatic carbocycles. The third-order valence-corrected chi connectivity index (χ3v) is 13.5. The quantitative estimate of drug-likeness (QED) is 0.109. The molecule has 44 heavy (non-hydrogen) atoms. The molecule has 0 spiro atoms. The van der Waals surface area contributed by atoms with Crippen molar-refractivity contribution in [1.29, 1.82) is 0 Å². The predicted molar refractivity (Wildman–Crippen MR) is 184 cm³/mol. The highest BCUT2D eigenvalue weighted by Crippen LogP contribution is 2.68. The first-order chi connectivity index (χ1) is 21.1. The zero-order chi connectivity index (χ0) is 31.7. The lowest BCUT2D eigenvalue weighted by Gasteiger charge is -2.62. The number of hydrogen-bond acceptors (Lipinski definition) is 5. The minimum absolute atomic E-state index is 0.141. The van der Waals surface area contributed by atoms with E-state index < -0.39 is 0 Å². The van der Waals surface area contributed by atoms with Crippen LogP contribution in [0.25, 0.3) is 0 Å². The molecule has 4 saturated carbocycles. The standard InChI is InChI=1S/C38H72N4O2/c1-27(2)42-35(44)16-13-28(3)31-14-15-32-36-33(18-20-38(31,32)5)37(4)19-17-30(25-29(37)26-34(36)43)41-24-12-23-40-22-11-9-7-6-8-10-21-39/h27-34,36,40-41,43H,6-26,39H2,1-5H3,(H,42,44)/t28-,29?,30+,31-,32?,33?,34-,36?,37+,38-/m1/s1. The molecular formula is C38H72N4O2. The maximum atomic E-state index is 12.4. The van der Waals surface area contributed by atoms with Gasteiger partial charge in [0, 0.05) is 18.5 Å². The number of hydrogen-bond donors (Lipinski definition) is 5. The average Bonchev–Trinajstić information content (AvgIpc) is 3.34. The summed E-state index contributed by atoms with van der Waals surface area (Å²) in [6.45, 7) is 15.9. The van der Waals surface area contributed by atoms with Crippen LogP contribution in [0.5, 0.6) is 0 Å². The van der Waals surface area contributed by atoms with Gasteiger partial charge in [-0.1, -0.05) is 46.5 Å². The lowest BCUT2D eigenvalue weighted by molar-refractivity contribution is -0.167. The molecule has 0 aromatic carbocycles. The van der Waals surface area contributed by atoms with Crippen molar-refractivity contribution in [3.8, 4) is 0 Å². The fourth-order valence-corrected chi connectivity index (χ4v) is 11.1. The van der Waals surface area contributed by atoms with Gasteiger partial charge in [0.05, 0.1) is 6.10 Å². The largest absolute Gasteiger partial charge is 0.393 e. The first-order valence-electron chi connectivity index (χ1n) is 19.2. The minimum Gasteiger partial charge on any atom is -0.393 e. The number of carbonyl (C=O) groups excluding carboxylic acids is 1. The molecular weight excluding hydrogens is 544 g/mol. The van der Waals surface area contributed by atoms with E-state index in [0.717, 1.165) is 39.0 Å². The Balaban J connectivity index is 1.20. The van der Waals surface area contributed by atoms with Crippen LogP contribution >= 0.6 is 0 Å². The molecule has 4 fully saturated rings. The highest BCUT2D eigenvalue weighted by atomic mass is 16.3. The van der Waals surface area contributed by atoms with Crippen molar-refractivity contribution in [2.45, 2.75) is 162 Å². The van der Waals surface area contributed by atoms with Crippen LogP contribution in [0.4, 0.5) is 0 Å². The molecule has 0 saturated heterocycles. The van der Waals surface area contributed by atoms with E-state index in [4.69, 9.17) is 5.73 Å². The number of nitrogens with two attached hydrogens (primary N) is 1. The summed E-state index contributed by atoms with van der Waals surface area (Å²) in [5.74, 6) is 3.88. The molecule has 0 heterocycles. The Morgan fingerprint density at radius 1 is 0.841 bits per heavy atom. The normalized spacial score (nSPS) is 37.3. The molecule has 0 radical (unpaired) electrons. The maximum Gasteiger partial charge on any atom is 0.220 e. The first kappa shape index (κ1) is 36.2. The van der Waals surface area contributed by atoms with Crippen LogP contribution in [0.15, 0.2) is 0 Å². The van der Waals surface area contributed by atoms with Crippen molar-refractivity contribution in [2.24, 2.45) is 52.1 Å². The van der Waals surface area contributed by atoms with Gasteiger partial charge in [-0.25, -0.2) is 0 Å². The summed E-state index contributed by atoms with van der Waals surface area (Å²) in [5, 5.41) is 22.4. The summed E-state index contributed by atoms with van der Waals surface area (Å²) in [5.41, 5.74) is 6.28. The van der Waals surface area contributed by atoms with E-state index >= 15 is 0 Å². The third-order valence-electron chi connectivity index (χ3n) is 13.5. The summed E-state index contributed by atoms with van der Waals surface area (Å²) < 4.78 is 0. The summed E-state index contributed by atoms with van der Waals surface area (Å²) in [7, 11) is 0. The number of amides is 1. The smallest absolute Gasteiger partial charge is 0.220 e. The molecule has 4 rings (SSSR count). The molecule has 1 amide bonds. The van der Waals surface area contributed by atoms with Gasteiger partial charge in [-0.3, -0.25) is 4.79 Å². The second-order valence-corrected chi connectivity index (χ2v) is 16.7. The van der Waals surface area contributed by atoms with Gasteiger partial charge in [0.15, 0.2) is 0 Å². The number of carbonyl (C=O) groups is 1. The molecule has 0 aromatic heterocycles. The number of nitrogens with one attached hydrogen (secondary N) is 3. The third kappa shape index (κ3) is 8.81. The van der Waals surface area contributed by atoms with Crippen molar-refractivity contribution in [3.05, 3.63) is 0 Å². The highest BCUT2D eigenvalue weighted by Gasteiger charge is 2.62. The fraction of sp³-hybridized carbons (Fsp3) is 0.974. The van der Waals surface area contributed by atoms with Crippen molar-refractivity contribution >= 4 is 5.91 Å². The van der Waals surface area contributed by atoms with E-state index in [1.807, 2.05) is 13.8 Å². The summed E-state index contributed by atoms with van der Waals surface area (Å²) in [6.07, 6.45) is 20.5. The van der Waals surface area contributed by atoms with Gasteiger partial charge in [0.2, 0.25) is 5.91 Å². The van der Waals surface area contributed by atoms with Crippen molar-refractivity contribution in [2.75, 3.05) is 26.2 Å². The van der Waals surface area contributed by atoms with Crippen LogP contribution in [0, 0.1) is 46.3 Å². The van der Waals surface area contributed by atoms with Crippen LogP contribution in [0.3, 0.4) is 0 Å². The van der Waals surface area contributed by atoms with E-state index in [1.54, 1.807) is 0 Å². The summed E-state index contributed by atoms with van der Waals surface area (Å²) >= 11 is 0. The Bertz CT molecular complexity index is 868. The zero-order valence-corrected chi connectivity index (χ0v) is 29.5. The fourth-order valence-electron chi connectivity index (χ4n) is 11.1. The van der Waals surface area contributed by atoms with Crippen molar-refractivity contribution < 1.29 is 9.90 Å². The van der Waals surface area contributed by atoms with Crippen LogP contribution in [-0.2, 0) is 4.79 Å². The van der Waals surface area contributed by atoms with E-state index in [-0.39, 0.29) is 18.1 Å². The number of rotatable bonds is 18. The van der Waals surface area contributed by atoms with E-state index in [1.165, 1.54) is 89.9 Å². The van der Waals surface area contributed by atoms with Gasteiger partial charge >= 0.3 is 0 Å². The van der Waals surface area contributed by atoms with Gasteiger partial charge in [0.25, 0.3) is 0 Å². The maximum absolute atomic E-state index is 12.4. The summed E-state index contributed by atoms with van der Waals surface area (Å²) in [6, 6.07) is 0.832. The second kappa shape index (κ2) is 16.9. The molecule has 10 atom stereocenters. The number of aliphatic hydroxyl groups excluding tert-OH is 1. The van der Waals surface area contributed by atoms with Gasteiger partial charge in [-0.05, 0) is 163 Å². The van der Waals surface area contributed by atoms with Crippen LogP contribution in [0.2, 0.25) is 0 Å². The molecule has 0 bridgehead atoms. The Labute approximate surface area is 271 Å². The zero-order valence-electron chi connectivity index (χ0n) is 29.5. The van der Waals surface area contributed by atoms with E-state index in [2.05, 4.69) is 36.7 Å². The van der Waals surface area contributed by atoms with Gasteiger partial charge in [0.1, 0.15) is 0 Å². The predicted octanol–water partition coefficient (Wildman–Crippen LogP) is 6.79. The van der Waals surface area contributed by atoms with E-state index in [0.29, 0.717) is 58.8 Å². The molecule has 0 aromatic rings. The lowest BCUT2D eigenvalue weighted by atomic mass is 9.43. The monoisotopic (exact) mass is 617 g/mol. The SMILES string of the molecule is CC(C)NC(=O)CC[C@@H](C)[C@H]1CCC2C3C(CC[C@@]21C)[C@@]1(C)CC[C@H](NCCCNCCCCCCCCN)CC1C[C@H]3O. The van der Waals surface area contributed by atoms with Gasteiger partial charge in [-0.2, -0.15) is 0 Å². The Morgan fingerprint density at radius 2 is 1.52 bits per heavy atom. The molecule has 0 aliphatic heterocycles. The van der Waals surface area contributed by atoms with Crippen LogP contribution in [0.1, 0.15) is 144 Å². The number of aliphatic hydroxyl groups is 1. The Hall–Kier alpha value is -0.690. The van der Waals surface area contributed by atoms with Crippen LogP contribution < -0.4 is 21.7 Å².